The van der Waals surface area contributed by atoms with Crippen LogP contribution in [-0.4, -0.2) is 31.1 Å². The normalized spacial score (nSPS) is 16.8. The molecule has 1 aromatic heterocycles. The van der Waals surface area contributed by atoms with Crippen LogP contribution in [0.1, 0.15) is 27.6 Å². The van der Waals surface area contributed by atoms with E-state index >= 15 is 0 Å². The molecule has 1 aliphatic heterocycles. The van der Waals surface area contributed by atoms with Crippen LogP contribution >= 0.6 is 36.2 Å². The Morgan fingerprint density at radius 3 is 2.07 bits per heavy atom. The predicted molar refractivity (Wildman–Crippen MR) is 102 cm³/mol. The second-order valence-electron chi connectivity index (χ2n) is 6.00. The zero-order valence-electron chi connectivity index (χ0n) is 14.3. The standard InChI is InChI=1S/C17H16F6N2S.2ClH/c18-16(19,20)11-3-4-13(17(21,22)23)12(10-11)15(14-2-1-9-26-14)25-7-5-24-6-8-25;;/h1-4,9-10,15,24H,5-8H2;2*1H/t15-;;/m0../s1. The summed E-state index contributed by atoms with van der Waals surface area (Å²) < 4.78 is 80.0. The van der Waals surface area contributed by atoms with E-state index in [0.717, 1.165) is 0 Å². The molecule has 1 aliphatic rings. The summed E-state index contributed by atoms with van der Waals surface area (Å²) in [6.07, 6.45) is -9.44. The summed E-state index contributed by atoms with van der Waals surface area (Å²) in [5.41, 5.74) is -2.45. The van der Waals surface area contributed by atoms with Crippen molar-refractivity contribution in [3.8, 4) is 0 Å². The Labute approximate surface area is 174 Å². The van der Waals surface area contributed by atoms with Crippen molar-refractivity contribution in [2.75, 3.05) is 26.2 Å². The highest BCUT2D eigenvalue weighted by molar-refractivity contribution is 7.10. The Kier molecular flexibility index (Phi) is 8.64. The van der Waals surface area contributed by atoms with E-state index in [4.69, 9.17) is 0 Å². The highest BCUT2D eigenvalue weighted by Gasteiger charge is 2.40. The van der Waals surface area contributed by atoms with Gasteiger partial charge in [0.25, 0.3) is 0 Å². The van der Waals surface area contributed by atoms with Crippen LogP contribution in [0.25, 0.3) is 0 Å². The lowest BCUT2D eigenvalue weighted by Crippen LogP contribution is -2.45. The van der Waals surface area contributed by atoms with Gasteiger partial charge in [0, 0.05) is 31.1 Å². The van der Waals surface area contributed by atoms with Crippen molar-refractivity contribution in [2.45, 2.75) is 18.4 Å². The molecule has 0 unspecified atom stereocenters. The molecule has 0 spiro atoms. The van der Waals surface area contributed by atoms with E-state index in [1.165, 1.54) is 11.3 Å². The van der Waals surface area contributed by atoms with E-state index in [1.807, 2.05) is 0 Å². The number of hydrogen-bond acceptors (Lipinski definition) is 3. The molecule has 1 fully saturated rings. The van der Waals surface area contributed by atoms with Crippen LogP contribution in [0, 0.1) is 0 Å². The van der Waals surface area contributed by atoms with Crippen LogP contribution in [0.4, 0.5) is 26.3 Å². The number of piperazine rings is 1. The van der Waals surface area contributed by atoms with E-state index < -0.39 is 29.5 Å². The Balaban J connectivity index is 0.00000196. The van der Waals surface area contributed by atoms with Crippen LogP contribution in [-0.2, 0) is 12.4 Å². The number of nitrogens with zero attached hydrogens (tertiary/aromatic N) is 1. The minimum atomic E-state index is -4.73. The second-order valence-corrected chi connectivity index (χ2v) is 6.98. The maximum Gasteiger partial charge on any atom is 0.416 e. The summed E-state index contributed by atoms with van der Waals surface area (Å²) in [6.45, 7) is 2.05. The molecule has 0 aliphatic carbocycles. The van der Waals surface area contributed by atoms with Gasteiger partial charge in [0.15, 0.2) is 0 Å². The molecule has 2 aromatic rings. The first kappa shape index (κ1) is 25.0. The average Bonchev–Trinajstić information content (AvgIpc) is 3.08. The van der Waals surface area contributed by atoms with Crippen LogP contribution in [0.3, 0.4) is 0 Å². The Hall–Kier alpha value is -1.00. The first-order chi connectivity index (χ1) is 12.2. The second kappa shape index (κ2) is 9.67. The first-order valence-corrected chi connectivity index (χ1v) is 8.82. The third kappa shape index (κ3) is 5.54. The molecule has 0 amide bonds. The molecular formula is C17H18Cl2F6N2S. The zero-order chi connectivity index (χ0) is 18.9. The third-order valence-electron chi connectivity index (χ3n) is 4.31. The molecular weight excluding hydrogens is 449 g/mol. The fourth-order valence-electron chi connectivity index (χ4n) is 3.14. The molecule has 1 atom stereocenters. The molecule has 3 rings (SSSR count). The molecule has 1 N–H and O–H groups in total. The van der Waals surface area contributed by atoms with Gasteiger partial charge in [0.1, 0.15) is 0 Å². The highest BCUT2D eigenvalue weighted by atomic mass is 35.5. The number of hydrogen-bond donors (Lipinski definition) is 1. The molecule has 1 saturated heterocycles. The predicted octanol–water partition coefficient (Wildman–Crippen LogP) is 5.62. The number of halogens is 8. The summed E-state index contributed by atoms with van der Waals surface area (Å²) >= 11 is 1.24. The molecule has 28 heavy (non-hydrogen) atoms. The summed E-state index contributed by atoms with van der Waals surface area (Å²) in [5.74, 6) is 0. The smallest absolute Gasteiger partial charge is 0.314 e. The molecule has 2 heterocycles. The third-order valence-corrected chi connectivity index (χ3v) is 5.23. The highest BCUT2D eigenvalue weighted by Crippen LogP contribution is 2.42. The van der Waals surface area contributed by atoms with Crippen molar-refractivity contribution < 1.29 is 26.3 Å². The van der Waals surface area contributed by atoms with Gasteiger partial charge in [-0.3, -0.25) is 4.90 Å². The van der Waals surface area contributed by atoms with Crippen molar-refractivity contribution in [3.05, 3.63) is 57.3 Å². The van der Waals surface area contributed by atoms with Gasteiger partial charge >= 0.3 is 12.4 Å². The van der Waals surface area contributed by atoms with E-state index in [2.05, 4.69) is 5.32 Å². The topological polar surface area (TPSA) is 15.3 Å². The number of nitrogens with one attached hydrogen (secondary N) is 1. The van der Waals surface area contributed by atoms with Gasteiger partial charge in [-0.2, -0.15) is 26.3 Å². The minimum absolute atomic E-state index is 0. The van der Waals surface area contributed by atoms with E-state index in [-0.39, 0.29) is 30.4 Å². The van der Waals surface area contributed by atoms with Gasteiger partial charge in [-0.25, -0.2) is 0 Å². The lowest BCUT2D eigenvalue weighted by atomic mass is 9.94. The molecule has 1 aromatic carbocycles. The number of rotatable bonds is 3. The van der Waals surface area contributed by atoms with Crippen LogP contribution in [0.15, 0.2) is 35.7 Å². The molecule has 0 bridgehead atoms. The number of alkyl halides is 6. The molecule has 0 saturated carbocycles. The van der Waals surface area contributed by atoms with Gasteiger partial charge in [-0.1, -0.05) is 6.07 Å². The minimum Gasteiger partial charge on any atom is -0.314 e. The number of thiophene rings is 1. The fraction of sp³-hybridized carbons (Fsp3) is 0.412. The summed E-state index contributed by atoms with van der Waals surface area (Å²) in [4.78, 5) is 2.39. The van der Waals surface area contributed by atoms with Gasteiger partial charge in [0.05, 0.1) is 17.2 Å². The van der Waals surface area contributed by atoms with E-state index in [1.54, 1.807) is 22.4 Å². The van der Waals surface area contributed by atoms with Crippen LogP contribution < -0.4 is 5.32 Å². The van der Waals surface area contributed by atoms with Gasteiger partial charge in [-0.05, 0) is 35.2 Å². The monoisotopic (exact) mass is 466 g/mol. The van der Waals surface area contributed by atoms with Crippen molar-refractivity contribution >= 4 is 36.2 Å². The van der Waals surface area contributed by atoms with Crippen LogP contribution in [0.2, 0.25) is 0 Å². The van der Waals surface area contributed by atoms with Crippen molar-refractivity contribution in [1.82, 2.24) is 10.2 Å². The van der Waals surface area contributed by atoms with Gasteiger partial charge in [0.2, 0.25) is 0 Å². The summed E-state index contributed by atoms with van der Waals surface area (Å²) in [7, 11) is 0. The van der Waals surface area contributed by atoms with E-state index in [0.29, 0.717) is 49.3 Å². The SMILES string of the molecule is Cl.Cl.FC(F)(F)c1ccc(C(F)(F)F)c([C@@H](c2cccs2)N2CCNCC2)c1. The summed E-state index contributed by atoms with van der Waals surface area (Å²) in [6, 6.07) is 4.18. The average molecular weight is 467 g/mol. The van der Waals surface area contributed by atoms with Crippen molar-refractivity contribution in [2.24, 2.45) is 0 Å². The Bertz CT molecular complexity index is 743. The summed E-state index contributed by atoms with van der Waals surface area (Å²) in [5, 5.41) is 4.82. The first-order valence-electron chi connectivity index (χ1n) is 7.94. The zero-order valence-corrected chi connectivity index (χ0v) is 16.8. The maximum atomic E-state index is 13.5. The lowest BCUT2D eigenvalue weighted by Gasteiger charge is -2.36. The van der Waals surface area contributed by atoms with Gasteiger partial charge in [-0.15, -0.1) is 36.2 Å². The molecule has 2 nitrogen and oxygen atoms in total. The van der Waals surface area contributed by atoms with Gasteiger partial charge < -0.3 is 5.32 Å². The Morgan fingerprint density at radius 1 is 0.929 bits per heavy atom. The molecule has 158 valence electrons. The van der Waals surface area contributed by atoms with Crippen molar-refractivity contribution in [1.29, 1.82) is 0 Å². The number of benzene rings is 1. The maximum absolute atomic E-state index is 13.5. The van der Waals surface area contributed by atoms with Crippen molar-refractivity contribution in [3.63, 3.8) is 0 Å². The molecule has 0 radical (unpaired) electrons. The lowest BCUT2D eigenvalue weighted by molar-refractivity contribution is -0.142. The largest absolute Gasteiger partial charge is 0.416 e. The fourth-order valence-corrected chi connectivity index (χ4v) is 4.02. The van der Waals surface area contributed by atoms with E-state index in [9.17, 15) is 26.3 Å². The molecule has 11 heteroatoms. The van der Waals surface area contributed by atoms with Crippen LogP contribution in [0.5, 0.6) is 0 Å². The quantitative estimate of drug-likeness (QED) is 0.590. The Morgan fingerprint density at radius 2 is 1.57 bits per heavy atom.